The van der Waals surface area contributed by atoms with Gasteiger partial charge < -0.3 is 5.32 Å². The Balaban J connectivity index is 3.24. The summed E-state index contributed by atoms with van der Waals surface area (Å²) in [7, 11) is 0. The van der Waals surface area contributed by atoms with Crippen LogP contribution in [0.5, 0.6) is 0 Å². The summed E-state index contributed by atoms with van der Waals surface area (Å²) in [4.78, 5) is 13.9. The van der Waals surface area contributed by atoms with Crippen LogP contribution in [0.3, 0.4) is 0 Å². The van der Waals surface area contributed by atoms with Gasteiger partial charge in [-0.2, -0.15) is 0 Å². The second-order valence-corrected chi connectivity index (χ2v) is 3.42. The molecule has 0 saturated carbocycles. The van der Waals surface area contributed by atoms with Gasteiger partial charge in [0.05, 0.1) is 0 Å². The van der Waals surface area contributed by atoms with Crippen LogP contribution in [0.1, 0.15) is 38.5 Å². The van der Waals surface area contributed by atoms with E-state index in [1.807, 2.05) is 0 Å². The van der Waals surface area contributed by atoms with Crippen molar-refractivity contribution in [2.75, 3.05) is 13.1 Å². The molecule has 0 aliphatic rings. The van der Waals surface area contributed by atoms with E-state index in [-0.39, 0.29) is 5.91 Å². The van der Waals surface area contributed by atoms with E-state index < -0.39 is 0 Å². The molecular formula is C11H18N4O. The fraction of sp³-hybridized carbons (Fsp3) is 0.727. The normalized spacial score (nSPS) is 8.94. The molecule has 1 N–H and O–H groups in total. The Bertz CT molecular complexity index is 276. The zero-order chi connectivity index (χ0) is 12.1. The van der Waals surface area contributed by atoms with Gasteiger partial charge in [0, 0.05) is 30.8 Å². The SMILES string of the molecule is C#CCCCCC(=O)NCCCCN=[N+]=[N-]. The van der Waals surface area contributed by atoms with E-state index in [4.69, 9.17) is 12.0 Å². The number of hydrogen-bond donors (Lipinski definition) is 1. The van der Waals surface area contributed by atoms with Crippen LogP contribution in [-0.2, 0) is 4.79 Å². The molecule has 0 radical (unpaired) electrons. The number of carbonyl (C=O) groups is 1. The minimum absolute atomic E-state index is 0.0702. The molecule has 0 aromatic heterocycles. The van der Waals surface area contributed by atoms with Gasteiger partial charge in [-0.25, -0.2) is 0 Å². The molecule has 0 heterocycles. The molecule has 0 unspecified atom stereocenters. The van der Waals surface area contributed by atoms with Crippen LogP contribution in [0.2, 0.25) is 0 Å². The topological polar surface area (TPSA) is 77.9 Å². The highest BCUT2D eigenvalue weighted by atomic mass is 16.1. The molecule has 0 fully saturated rings. The number of carbonyl (C=O) groups excluding carboxylic acids is 1. The maximum atomic E-state index is 11.3. The van der Waals surface area contributed by atoms with E-state index in [0.717, 1.165) is 32.1 Å². The van der Waals surface area contributed by atoms with E-state index in [1.54, 1.807) is 0 Å². The molecule has 5 nitrogen and oxygen atoms in total. The van der Waals surface area contributed by atoms with Crippen molar-refractivity contribution < 1.29 is 4.79 Å². The summed E-state index contributed by atoms with van der Waals surface area (Å²) in [6, 6.07) is 0. The quantitative estimate of drug-likeness (QED) is 0.210. The number of nitrogens with zero attached hydrogens (tertiary/aromatic N) is 3. The molecule has 0 aromatic carbocycles. The van der Waals surface area contributed by atoms with Crippen molar-refractivity contribution in [2.24, 2.45) is 5.11 Å². The second kappa shape index (κ2) is 11.4. The number of unbranched alkanes of at least 4 members (excludes halogenated alkanes) is 3. The van der Waals surface area contributed by atoms with Crippen LogP contribution >= 0.6 is 0 Å². The maximum Gasteiger partial charge on any atom is 0.219 e. The molecule has 16 heavy (non-hydrogen) atoms. The molecule has 5 heteroatoms. The average Bonchev–Trinajstić information content (AvgIpc) is 2.29. The van der Waals surface area contributed by atoms with Crippen molar-refractivity contribution in [2.45, 2.75) is 38.5 Å². The summed E-state index contributed by atoms with van der Waals surface area (Å²) in [5.74, 6) is 2.61. The predicted octanol–water partition coefficient (Wildman–Crippen LogP) is 2.39. The first kappa shape index (κ1) is 14.3. The lowest BCUT2D eigenvalue weighted by atomic mass is 10.2. The van der Waals surface area contributed by atoms with Crippen LogP contribution in [0.4, 0.5) is 0 Å². The Morgan fingerprint density at radius 3 is 2.88 bits per heavy atom. The van der Waals surface area contributed by atoms with Crippen LogP contribution in [0.15, 0.2) is 5.11 Å². The third-order valence-electron chi connectivity index (χ3n) is 2.05. The van der Waals surface area contributed by atoms with Crippen molar-refractivity contribution in [1.29, 1.82) is 0 Å². The van der Waals surface area contributed by atoms with Gasteiger partial charge in [0.25, 0.3) is 0 Å². The van der Waals surface area contributed by atoms with Crippen LogP contribution in [0.25, 0.3) is 10.4 Å². The molecule has 0 aromatic rings. The molecule has 0 spiro atoms. The highest BCUT2D eigenvalue weighted by Gasteiger charge is 1.99. The predicted molar refractivity (Wildman–Crippen MR) is 63.6 cm³/mol. The lowest BCUT2D eigenvalue weighted by Gasteiger charge is -2.03. The highest BCUT2D eigenvalue weighted by Crippen LogP contribution is 1.98. The second-order valence-electron chi connectivity index (χ2n) is 3.42. The number of rotatable bonds is 9. The first-order valence-corrected chi connectivity index (χ1v) is 5.52. The van der Waals surface area contributed by atoms with Crippen molar-refractivity contribution in [1.82, 2.24) is 5.32 Å². The Labute approximate surface area is 96.2 Å². The molecular weight excluding hydrogens is 204 g/mol. The third kappa shape index (κ3) is 10.4. The standard InChI is InChI=1S/C11H18N4O/c1-2-3-4-5-8-11(16)13-9-6-7-10-14-15-12/h1H,3-10H2,(H,13,16). The average molecular weight is 222 g/mol. The van der Waals surface area contributed by atoms with Gasteiger partial charge in [0.1, 0.15) is 0 Å². The minimum Gasteiger partial charge on any atom is -0.356 e. The Morgan fingerprint density at radius 1 is 1.38 bits per heavy atom. The van der Waals surface area contributed by atoms with Crippen LogP contribution in [-0.4, -0.2) is 19.0 Å². The van der Waals surface area contributed by atoms with Crippen molar-refractivity contribution in [3.8, 4) is 12.3 Å². The van der Waals surface area contributed by atoms with Crippen molar-refractivity contribution in [3.63, 3.8) is 0 Å². The molecule has 0 atom stereocenters. The van der Waals surface area contributed by atoms with E-state index >= 15 is 0 Å². The number of amides is 1. The van der Waals surface area contributed by atoms with Crippen molar-refractivity contribution >= 4 is 5.91 Å². The van der Waals surface area contributed by atoms with Crippen molar-refractivity contribution in [3.05, 3.63) is 10.4 Å². The maximum absolute atomic E-state index is 11.3. The summed E-state index contributed by atoms with van der Waals surface area (Å²) < 4.78 is 0. The Kier molecular flexibility index (Phi) is 10.2. The van der Waals surface area contributed by atoms with Gasteiger partial charge >= 0.3 is 0 Å². The fourth-order valence-corrected chi connectivity index (χ4v) is 1.18. The molecule has 88 valence electrons. The summed E-state index contributed by atoms with van der Waals surface area (Å²) in [6.45, 7) is 1.14. The Morgan fingerprint density at radius 2 is 2.19 bits per heavy atom. The third-order valence-corrected chi connectivity index (χ3v) is 2.05. The zero-order valence-corrected chi connectivity index (χ0v) is 9.48. The largest absolute Gasteiger partial charge is 0.356 e. The van der Waals surface area contributed by atoms with E-state index in [0.29, 0.717) is 19.5 Å². The molecule has 0 aliphatic carbocycles. The number of nitrogens with one attached hydrogen (secondary N) is 1. The number of hydrogen-bond acceptors (Lipinski definition) is 2. The van der Waals surface area contributed by atoms with Gasteiger partial charge in [0.15, 0.2) is 0 Å². The van der Waals surface area contributed by atoms with Gasteiger partial charge in [0.2, 0.25) is 5.91 Å². The summed E-state index contributed by atoms with van der Waals surface area (Å²) in [6.07, 6.45) is 9.77. The molecule has 0 aliphatic heterocycles. The van der Waals surface area contributed by atoms with E-state index in [9.17, 15) is 4.79 Å². The fourth-order valence-electron chi connectivity index (χ4n) is 1.18. The van der Waals surface area contributed by atoms with Crippen LogP contribution in [0, 0.1) is 12.3 Å². The van der Waals surface area contributed by atoms with Crippen LogP contribution < -0.4 is 5.32 Å². The zero-order valence-electron chi connectivity index (χ0n) is 9.48. The van der Waals surface area contributed by atoms with Gasteiger partial charge in [-0.15, -0.1) is 12.3 Å². The number of terminal acetylenes is 1. The van der Waals surface area contributed by atoms with Gasteiger partial charge in [-0.05, 0) is 31.2 Å². The molecule has 1 amide bonds. The monoisotopic (exact) mass is 222 g/mol. The molecule has 0 bridgehead atoms. The first-order valence-electron chi connectivity index (χ1n) is 5.52. The summed E-state index contributed by atoms with van der Waals surface area (Å²) in [5, 5.41) is 6.22. The molecule has 0 rings (SSSR count). The van der Waals surface area contributed by atoms with E-state index in [1.165, 1.54) is 0 Å². The minimum atomic E-state index is 0.0702. The lowest BCUT2D eigenvalue weighted by Crippen LogP contribution is -2.24. The summed E-state index contributed by atoms with van der Waals surface area (Å²) in [5.41, 5.74) is 8.03. The first-order chi connectivity index (χ1) is 7.81. The van der Waals surface area contributed by atoms with Gasteiger partial charge in [-0.1, -0.05) is 5.11 Å². The van der Waals surface area contributed by atoms with E-state index in [2.05, 4.69) is 21.3 Å². The Hall–Kier alpha value is -1.66. The lowest BCUT2D eigenvalue weighted by molar-refractivity contribution is -0.121. The summed E-state index contributed by atoms with van der Waals surface area (Å²) >= 11 is 0. The number of azide groups is 1. The smallest absolute Gasteiger partial charge is 0.219 e. The molecule has 0 saturated heterocycles. The van der Waals surface area contributed by atoms with Gasteiger partial charge in [-0.3, -0.25) is 4.79 Å². The highest BCUT2D eigenvalue weighted by molar-refractivity contribution is 5.75.